The van der Waals surface area contributed by atoms with E-state index >= 15 is 0 Å². The molecule has 2 aromatic rings. The van der Waals surface area contributed by atoms with Crippen molar-refractivity contribution in [3.05, 3.63) is 69.3 Å². The van der Waals surface area contributed by atoms with Gasteiger partial charge in [0.05, 0.1) is 11.0 Å². The molecule has 2 rings (SSSR count). The molecule has 0 amide bonds. The Balaban J connectivity index is 1.96. The van der Waals surface area contributed by atoms with Crippen molar-refractivity contribution in [3.63, 3.8) is 0 Å². The van der Waals surface area contributed by atoms with Gasteiger partial charge in [-0.15, -0.1) is 0 Å². The number of nitrogens with one attached hydrogen (secondary N) is 1. The number of aliphatic hydroxyl groups is 1. The van der Waals surface area contributed by atoms with Crippen LogP contribution in [0.1, 0.15) is 22.8 Å². The molecule has 3 N–H and O–H groups in total. The topological polar surface area (TPSA) is 95.6 Å². The molecular weight excluding hydrogens is 284 g/mol. The Morgan fingerprint density at radius 1 is 1.27 bits per heavy atom. The van der Waals surface area contributed by atoms with Crippen molar-refractivity contribution >= 4 is 5.69 Å². The van der Waals surface area contributed by atoms with E-state index in [4.69, 9.17) is 0 Å². The second-order valence-corrected chi connectivity index (χ2v) is 5.13. The van der Waals surface area contributed by atoms with E-state index in [1.165, 1.54) is 18.2 Å². The quantitative estimate of drug-likeness (QED) is 0.562. The lowest BCUT2D eigenvalue weighted by molar-refractivity contribution is -0.384. The minimum Gasteiger partial charge on any atom is -0.508 e. The number of nitro benzene ring substituents is 1. The van der Waals surface area contributed by atoms with E-state index in [0.29, 0.717) is 5.56 Å². The fourth-order valence-electron chi connectivity index (χ4n) is 2.17. The third kappa shape index (κ3) is 4.03. The third-order valence-corrected chi connectivity index (χ3v) is 3.35. The fraction of sp³-hybridized carbons (Fsp3) is 0.250. The lowest BCUT2D eigenvalue weighted by Crippen LogP contribution is -2.21. The predicted molar refractivity (Wildman–Crippen MR) is 82.6 cm³/mol. The molecule has 0 aliphatic carbocycles. The zero-order chi connectivity index (χ0) is 16.1. The molecule has 0 radical (unpaired) electrons. The molecule has 0 bridgehead atoms. The van der Waals surface area contributed by atoms with E-state index in [1.807, 2.05) is 31.2 Å². The van der Waals surface area contributed by atoms with Crippen LogP contribution < -0.4 is 5.32 Å². The van der Waals surface area contributed by atoms with E-state index in [2.05, 4.69) is 5.32 Å². The molecule has 0 heterocycles. The Bertz CT molecular complexity index is 673. The molecule has 0 aliphatic heterocycles. The Morgan fingerprint density at radius 2 is 2.05 bits per heavy atom. The molecule has 0 saturated carbocycles. The number of aryl methyl sites for hydroxylation is 1. The predicted octanol–water partition coefficient (Wildman–Crippen LogP) is 2.43. The third-order valence-electron chi connectivity index (χ3n) is 3.35. The number of nitrogens with zero attached hydrogens (tertiary/aromatic N) is 1. The maximum Gasteiger partial charge on any atom is 0.270 e. The van der Waals surface area contributed by atoms with E-state index in [-0.39, 0.29) is 24.5 Å². The number of non-ortho nitro benzene ring substituents is 1. The highest BCUT2D eigenvalue weighted by atomic mass is 16.6. The van der Waals surface area contributed by atoms with Crippen LogP contribution in [0.5, 0.6) is 5.75 Å². The molecule has 2 aromatic carbocycles. The van der Waals surface area contributed by atoms with Gasteiger partial charge in [0.15, 0.2) is 0 Å². The Labute approximate surface area is 128 Å². The summed E-state index contributed by atoms with van der Waals surface area (Å²) in [5, 5.41) is 33.5. The normalized spacial score (nSPS) is 12.1. The highest BCUT2D eigenvalue weighted by Crippen LogP contribution is 2.23. The van der Waals surface area contributed by atoms with E-state index in [9.17, 15) is 20.3 Å². The van der Waals surface area contributed by atoms with Crippen molar-refractivity contribution in [2.24, 2.45) is 0 Å². The highest BCUT2D eigenvalue weighted by molar-refractivity contribution is 5.42. The van der Waals surface area contributed by atoms with E-state index in [1.54, 1.807) is 0 Å². The second kappa shape index (κ2) is 7.02. The summed E-state index contributed by atoms with van der Waals surface area (Å²) in [4.78, 5) is 10.2. The average Bonchev–Trinajstić information content (AvgIpc) is 2.48. The number of aromatic hydroxyl groups is 1. The summed E-state index contributed by atoms with van der Waals surface area (Å²) in [5.74, 6) is -0.0110. The zero-order valence-corrected chi connectivity index (χ0v) is 12.2. The van der Waals surface area contributed by atoms with Crippen molar-refractivity contribution in [2.45, 2.75) is 19.6 Å². The van der Waals surface area contributed by atoms with Crippen LogP contribution in [0, 0.1) is 17.0 Å². The molecule has 6 nitrogen and oxygen atoms in total. The Kier molecular flexibility index (Phi) is 5.08. The lowest BCUT2D eigenvalue weighted by Gasteiger charge is -2.13. The van der Waals surface area contributed by atoms with Gasteiger partial charge in [0, 0.05) is 30.8 Å². The number of benzene rings is 2. The van der Waals surface area contributed by atoms with Gasteiger partial charge in [0.2, 0.25) is 0 Å². The molecule has 116 valence electrons. The monoisotopic (exact) mass is 302 g/mol. The van der Waals surface area contributed by atoms with E-state index in [0.717, 1.165) is 11.1 Å². The van der Waals surface area contributed by atoms with Crippen LogP contribution in [0.4, 0.5) is 5.69 Å². The summed E-state index contributed by atoms with van der Waals surface area (Å²) < 4.78 is 0. The molecule has 0 aromatic heterocycles. The van der Waals surface area contributed by atoms with Gasteiger partial charge < -0.3 is 15.5 Å². The summed E-state index contributed by atoms with van der Waals surface area (Å²) in [7, 11) is 0. The molecule has 6 heteroatoms. The van der Waals surface area contributed by atoms with Gasteiger partial charge in [-0.25, -0.2) is 0 Å². The van der Waals surface area contributed by atoms with Crippen molar-refractivity contribution in [1.29, 1.82) is 0 Å². The first-order chi connectivity index (χ1) is 10.5. The zero-order valence-electron chi connectivity index (χ0n) is 12.2. The van der Waals surface area contributed by atoms with Crippen LogP contribution in [0.2, 0.25) is 0 Å². The first kappa shape index (κ1) is 15.9. The molecule has 0 spiro atoms. The number of phenols is 1. The lowest BCUT2D eigenvalue weighted by atomic mass is 10.1. The summed E-state index contributed by atoms with van der Waals surface area (Å²) >= 11 is 0. The van der Waals surface area contributed by atoms with Crippen LogP contribution in [0.15, 0.2) is 42.5 Å². The minimum absolute atomic E-state index is 0.0110. The molecule has 22 heavy (non-hydrogen) atoms. The maximum absolute atomic E-state index is 10.7. The molecule has 0 aliphatic rings. The summed E-state index contributed by atoms with van der Waals surface area (Å²) in [6.07, 6.45) is -0.680. The Morgan fingerprint density at radius 3 is 2.73 bits per heavy atom. The molecule has 0 fully saturated rings. The summed E-state index contributed by atoms with van der Waals surface area (Å²) in [6, 6.07) is 11.4. The van der Waals surface area contributed by atoms with Crippen LogP contribution in [-0.2, 0) is 6.54 Å². The van der Waals surface area contributed by atoms with Gasteiger partial charge in [-0.1, -0.05) is 29.8 Å². The summed E-state index contributed by atoms with van der Waals surface area (Å²) in [6.45, 7) is 2.47. The molecule has 0 saturated heterocycles. The van der Waals surface area contributed by atoms with Crippen LogP contribution in [-0.4, -0.2) is 21.7 Å². The second-order valence-electron chi connectivity index (χ2n) is 5.13. The van der Waals surface area contributed by atoms with Gasteiger partial charge in [-0.2, -0.15) is 0 Å². The van der Waals surface area contributed by atoms with Gasteiger partial charge in [-0.05, 0) is 18.6 Å². The molecular formula is C16H18N2O4. The fourth-order valence-corrected chi connectivity index (χ4v) is 2.17. The Hall–Kier alpha value is -2.44. The van der Waals surface area contributed by atoms with Crippen LogP contribution in [0.25, 0.3) is 0 Å². The number of nitro groups is 1. The number of hydrogen-bond donors (Lipinski definition) is 3. The van der Waals surface area contributed by atoms with Crippen molar-refractivity contribution in [1.82, 2.24) is 5.32 Å². The number of hydrogen-bond acceptors (Lipinski definition) is 5. The maximum atomic E-state index is 10.7. The number of aliphatic hydroxyl groups excluding tert-OH is 1. The first-order valence-electron chi connectivity index (χ1n) is 6.89. The first-order valence-corrected chi connectivity index (χ1v) is 6.89. The standard InChI is InChI=1S/C16H18N2O4/c1-11-3-2-4-12(7-11)16(20)10-17-9-13-8-14(18(21)22)5-6-15(13)19/h2-8,16-17,19-20H,9-10H2,1H3. The van der Waals surface area contributed by atoms with Gasteiger partial charge in [0.25, 0.3) is 5.69 Å². The van der Waals surface area contributed by atoms with E-state index < -0.39 is 11.0 Å². The molecule has 1 atom stereocenters. The van der Waals surface area contributed by atoms with Gasteiger partial charge in [-0.3, -0.25) is 10.1 Å². The average molecular weight is 302 g/mol. The van der Waals surface area contributed by atoms with Crippen LogP contribution >= 0.6 is 0 Å². The largest absolute Gasteiger partial charge is 0.508 e. The van der Waals surface area contributed by atoms with Crippen molar-refractivity contribution in [3.8, 4) is 5.75 Å². The van der Waals surface area contributed by atoms with Gasteiger partial charge in [0.1, 0.15) is 5.75 Å². The van der Waals surface area contributed by atoms with Gasteiger partial charge >= 0.3 is 0 Å². The smallest absolute Gasteiger partial charge is 0.270 e. The van der Waals surface area contributed by atoms with Crippen LogP contribution in [0.3, 0.4) is 0 Å². The number of rotatable bonds is 6. The minimum atomic E-state index is -0.680. The summed E-state index contributed by atoms with van der Waals surface area (Å²) in [5.41, 5.74) is 2.21. The van der Waals surface area contributed by atoms with Crippen molar-refractivity contribution in [2.75, 3.05) is 6.54 Å². The molecule has 1 unspecified atom stereocenters. The number of phenolic OH excluding ortho intramolecular Hbond substituents is 1. The highest BCUT2D eigenvalue weighted by Gasteiger charge is 2.11. The van der Waals surface area contributed by atoms with Crippen molar-refractivity contribution < 1.29 is 15.1 Å². The SMILES string of the molecule is Cc1cccc(C(O)CNCc2cc([N+](=O)[O-])ccc2O)c1.